The number of halogens is 2. The van der Waals surface area contributed by atoms with E-state index >= 15 is 4.39 Å². The second-order valence-electron chi connectivity index (χ2n) is 9.78. The Balaban J connectivity index is 1.63. The number of carbonyl (C=O) groups is 1. The van der Waals surface area contributed by atoms with Gasteiger partial charge in [0.05, 0.1) is 6.61 Å². The highest BCUT2D eigenvalue weighted by Crippen LogP contribution is 2.44. The number of amides is 1. The van der Waals surface area contributed by atoms with Crippen molar-refractivity contribution >= 4 is 5.91 Å². The smallest absolute Gasteiger partial charge is 0.254 e. The second kappa shape index (κ2) is 8.78. The normalized spacial score (nSPS) is 14.5. The number of fused-ring (bicyclic) bond motifs is 2. The van der Waals surface area contributed by atoms with Gasteiger partial charge < -0.3 is 9.64 Å². The number of benzene rings is 3. The molecule has 0 N–H and O–H groups in total. The molecule has 3 nitrogen and oxygen atoms in total. The lowest BCUT2D eigenvalue weighted by Gasteiger charge is -2.25. The highest BCUT2D eigenvalue weighted by molar-refractivity contribution is 5.96. The minimum absolute atomic E-state index is 0.162. The van der Waals surface area contributed by atoms with E-state index in [0.717, 1.165) is 63.8 Å². The zero-order chi connectivity index (χ0) is 25.0. The average Bonchev–Trinajstić information content (AvgIpc) is 3.31. The Kier molecular flexibility index (Phi) is 5.90. The molecule has 5 rings (SSSR count). The molecule has 3 aromatic rings. The van der Waals surface area contributed by atoms with Gasteiger partial charge in [0.2, 0.25) is 0 Å². The Hall–Kier alpha value is -3.21. The van der Waals surface area contributed by atoms with Crippen LogP contribution in [0.15, 0.2) is 24.3 Å². The van der Waals surface area contributed by atoms with E-state index in [1.54, 1.807) is 30.0 Å². The van der Waals surface area contributed by atoms with Crippen molar-refractivity contribution in [2.24, 2.45) is 0 Å². The zero-order valence-corrected chi connectivity index (χ0v) is 21.1. The standard InChI is InChI=1S/C30H31F2NO2/c1-6-20-16(2)24-14-33(30(34)22-9-7-11-26(31)18(22)4)15-25(24)19(5)28(20)23-13-27(32)29-21(17(23)3)10-8-12-35-29/h7,9,11,13H,6,8,10,12,14-15H2,1-5H3. The molecule has 5 heteroatoms. The lowest BCUT2D eigenvalue weighted by Crippen LogP contribution is -2.26. The summed E-state index contributed by atoms with van der Waals surface area (Å²) in [4.78, 5) is 15.2. The molecule has 1 amide bonds. The van der Waals surface area contributed by atoms with Gasteiger partial charge in [-0.1, -0.05) is 13.0 Å². The SMILES string of the molecule is CCc1c(C)c2c(c(C)c1-c1cc(F)c3c(c1C)CCCO3)CN(C(=O)c1cccc(F)c1C)C2. The van der Waals surface area contributed by atoms with Gasteiger partial charge in [0.1, 0.15) is 5.82 Å². The zero-order valence-electron chi connectivity index (χ0n) is 21.1. The van der Waals surface area contributed by atoms with Crippen LogP contribution in [-0.4, -0.2) is 17.4 Å². The number of carbonyl (C=O) groups excluding carboxylic acids is 1. The van der Waals surface area contributed by atoms with Crippen LogP contribution >= 0.6 is 0 Å². The first kappa shape index (κ1) is 23.5. The summed E-state index contributed by atoms with van der Waals surface area (Å²) in [5, 5.41) is 0. The van der Waals surface area contributed by atoms with E-state index in [-0.39, 0.29) is 17.5 Å². The average molecular weight is 476 g/mol. The Labute approximate surface area is 205 Å². The number of hydrogen-bond acceptors (Lipinski definition) is 2. The van der Waals surface area contributed by atoms with Crippen LogP contribution in [0.2, 0.25) is 0 Å². The van der Waals surface area contributed by atoms with E-state index in [1.807, 2.05) is 0 Å². The molecule has 0 saturated carbocycles. The summed E-state index contributed by atoms with van der Waals surface area (Å²) in [6.45, 7) is 11.5. The maximum Gasteiger partial charge on any atom is 0.254 e. The molecular weight excluding hydrogens is 444 g/mol. The lowest BCUT2D eigenvalue weighted by molar-refractivity contribution is 0.0750. The highest BCUT2D eigenvalue weighted by atomic mass is 19.1. The third-order valence-corrected chi connectivity index (χ3v) is 7.94. The summed E-state index contributed by atoms with van der Waals surface area (Å²) in [5.41, 5.74) is 10.5. The van der Waals surface area contributed by atoms with Crippen molar-refractivity contribution in [1.29, 1.82) is 0 Å². The Bertz CT molecular complexity index is 1380. The lowest BCUT2D eigenvalue weighted by atomic mass is 9.82. The van der Waals surface area contributed by atoms with Gasteiger partial charge in [0, 0.05) is 24.2 Å². The summed E-state index contributed by atoms with van der Waals surface area (Å²) in [6.07, 6.45) is 2.50. The van der Waals surface area contributed by atoms with E-state index in [0.29, 0.717) is 36.6 Å². The van der Waals surface area contributed by atoms with Gasteiger partial charge in [0.25, 0.3) is 5.91 Å². The molecule has 182 valence electrons. The molecule has 0 atom stereocenters. The summed E-state index contributed by atoms with van der Waals surface area (Å²) in [7, 11) is 0. The molecule has 2 aliphatic heterocycles. The predicted molar refractivity (Wildman–Crippen MR) is 134 cm³/mol. The van der Waals surface area contributed by atoms with Crippen LogP contribution in [0.25, 0.3) is 11.1 Å². The molecule has 0 spiro atoms. The van der Waals surface area contributed by atoms with Crippen LogP contribution in [0.1, 0.15) is 68.2 Å². The van der Waals surface area contributed by atoms with E-state index in [4.69, 9.17) is 4.74 Å². The summed E-state index contributed by atoms with van der Waals surface area (Å²) < 4.78 is 35.0. The maximum absolute atomic E-state index is 15.2. The van der Waals surface area contributed by atoms with Crippen LogP contribution in [-0.2, 0) is 25.9 Å². The molecular formula is C30H31F2NO2. The molecule has 3 aromatic carbocycles. The minimum Gasteiger partial charge on any atom is -0.490 e. The number of nitrogens with zero attached hydrogens (tertiary/aromatic N) is 1. The summed E-state index contributed by atoms with van der Waals surface area (Å²) >= 11 is 0. The van der Waals surface area contributed by atoms with Crippen LogP contribution in [0.3, 0.4) is 0 Å². The van der Waals surface area contributed by atoms with Gasteiger partial charge in [-0.05, 0) is 115 Å². The van der Waals surface area contributed by atoms with Crippen molar-refractivity contribution in [3.05, 3.63) is 86.0 Å². The Morgan fingerprint density at radius 3 is 2.37 bits per heavy atom. The van der Waals surface area contributed by atoms with E-state index in [2.05, 4.69) is 27.7 Å². The van der Waals surface area contributed by atoms with Gasteiger partial charge in [-0.25, -0.2) is 8.78 Å². The van der Waals surface area contributed by atoms with Gasteiger partial charge in [-0.3, -0.25) is 4.79 Å². The van der Waals surface area contributed by atoms with E-state index in [1.165, 1.54) is 11.6 Å². The third-order valence-electron chi connectivity index (χ3n) is 7.94. The number of rotatable bonds is 3. The van der Waals surface area contributed by atoms with Crippen molar-refractivity contribution in [3.8, 4) is 16.9 Å². The molecule has 0 aromatic heterocycles. The quantitative estimate of drug-likeness (QED) is 0.412. The fourth-order valence-electron chi connectivity index (χ4n) is 5.94. The van der Waals surface area contributed by atoms with Crippen LogP contribution in [0.5, 0.6) is 5.75 Å². The molecule has 35 heavy (non-hydrogen) atoms. The van der Waals surface area contributed by atoms with Gasteiger partial charge in [0.15, 0.2) is 11.6 Å². The van der Waals surface area contributed by atoms with Gasteiger partial charge in [-0.15, -0.1) is 0 Å². The van der Waals surface area contributed by atoms with Crippen molar-refractivity contribution < 1.29 is 18.3 Å². The first-order valence-electron chi connectivity index (χ1n) is 12.4. The van der Waals surface area contributed by atoms with Crippen molar-refractivity contribution in [3.63, 3.8) is 0 Å². The molecule has 0 fully saturated rings. The Morgan fingerprint density at radius 1 is 0.943 bits per heavy atom. The molecule has 2 heterocycles. The van der Waals surface area contributed by atoms with Crippen molar-refractivity contribution in [2.45, 2.75) is 67.0 Å². The van der Waals surface area contributed by atoms with Crippen molar-refractivity contribution in [2.75, 3.05) is 6.61 Å². The van der Waals surface area contributed by atoms with Crippen LogP contribution in [0, 0.1) is 39.3 Å². The van der Waals surface area contributed by atoms with E-state index in [9.17, 15) is 9.18 Å². The third kappa shape index (κ3) is 3.64. The first-order valence-corrected chi connectivity index (χ1v) is 12.4. The molecule has 0 saturated heterocycles. The predicted octanol–water partition coefficient (Wildman–Crippen LogP) is 6.91. The number of ether oxygens (including phenoxy) is 1. The Morgan fingerprint density at radius 2 is 1.66 bits per heavy atom. The topological polar surface area (TPSA) is 29.5 Å². The molecule has 0 aliphatic carbocycles. The summed E-state index contributed by atoms with van der Waals surface area (Å²) in [6, 6.07) is 6.28. The largest absolute Gasteiger partial charge is 0.490 e. The second-order valence-corrected chi connectivity index (χ2v) is 9.78. The minimum atomic E-state index is -0.371. The maximum atomic E-state index is 15.2. The van der Waals surface area contributed by atoms with Gasteiger partial charge in [-0.2, -0.15) is 0 Å². The molecule has 0 bridgehead atoms. The fraction of sp³-hybridized carbons (Fsp3) is 0.367. The van der Waals surface area contributed by atoms with Crippen molar-refractivity contribution in [1.82, 2.24) is 4.90 Å². The summed E-state index contributed by atoms with van der Waals surface area (Å²) in [5.74, 6) is -0.444. The fourth-order valence-corrected chi connectivity index (χ4v) is 5.94. The molecule has 0 unspecified atom stereocenters. The first-order chi connectivity index (χ1) is 16.7. The molecule has 0 radical (unpaired) electrons. The molecule has 2 aliphatic rings. The van der Waals surface area contributed by atoms with Gasteiger partial charge >= 0.3 is 0 Å². The highest BCUT2D eigenvalue weighted by Gasteiger charge is 2.32. The van der Waals surface area contributed by atoms with Crippen LogP contribution in [0.4, 0.5) is 8.78 Å². The monoisotopic (exact) mass is 475 g/mol. The van der Waals surface area contributed by atoms with E-state index < -0.39 is 0 Å². The number of hydrogen-bond donors (Lipinski definition) is 0. The van der Waals surface area contributed by atoms with Crippen LogP contribution < -0.4 is 4.74 Å².